The normalized spacial score (nSPS) is 22.8. The van der Waals surface area contributed by atoms with E-state index in [-0.39, 0.29) is 5.91 Å². The van der Waals surface area contributed by atoms with Gasteiger partial charge in [0.05, 0.1) is 11.1 Å². The van der Waals surface area contributed by atoms with Crippen LogP contribution in [0.25, 0.3) is 10.9 Å². The summed E-state index contributed by atoms with van der Waals surface area (Å²) in [5.74, 6) is 1.42. The summed E-state index contributed by atoms with van der Waals surface area (Å²) in [6.45, 7) is 3.09. The Morgan fingerprint density at radius 2 is 2.26 bits per heavy atom. The van der Waals surface area contributed by atoms with Gasteiger partial charge in [0.1, 0.15) is 0 Å². The first-order valence-corrected chi connectivity index (χ1v) is 7.10. The minimum atomic E-state index is 0.0344. The number of rotatable bonds is 3. The van der Waals surface area contributed by atoms with Gasteiger partial charge in [0.15, 0.2) is 0 Å². The molecule has 0 spiro atoms. The van der Waals surface area contributed by atoms with Crippen LogP contribution in [-0.4, -0.2) is 17.4 Å². The Balaban J connectivity index is 1.71. The number of amides is 1. The van der Waals surface area contributed by atoms with Crippen molar-refractivity contribution in [3.63, 3.8) is 0 Å². The molecule has 3 rings (SSSR count). The van der Waals surface area contributed by atoms with Crippen LogP contribution in [0.5, 0.6) is 0 Å². The number of nitrogens with one attached hydrogen (secondary N) is 2. The van der Waals surface area contributed by atoms with Crippen LogP contribution in [0.4, 0.5) is 0 Å². The molecule has 0 bridgehead atoms. The van der Waals surface area contributed by atoms with Gasteiger partial charge >= 0.3 is 0 Å². The van der Waals surface area contributed by atoms with Gasteiger partial charge in [-0.3, -0.25) is 4.79 Å². The molecular formula is C16H20N2O. The molecule has 1 aliphatic carbocycles. The molecule has 100 valence electrons. The molecule has 1 saturated carbocycles. The molecule has 0 radical (unpaired) electrons. The van der Waals surface area contributed by atoms with Crippen molar-refractivity contribution in [2.45, 2.75) is 26.2 Å². The van der Waals surface area contributed by atoms with Crippen LogP contribution in [0.2, 0.25) is 0 Å². The second-order valence-electron chi connectivity index (χ2n) is 5.63. The van der Waals surface area contributed by atoms with Gasteiger partial charge in [0.2, 0.25) is 0 Å². The Morgan fingerprint density at radius 3 is 3.05 bits per heavy atom. The summed E-state index contributed by atoms with van der Waals surface area (Å²) >= 11 is 0. The fraction of sp³-hybridized carbons (Fsp3) is 0.438. The number of para-hydroxylation sites is 1. The zero-order valence-electron chi connectivity index (χ0n) is 11.3. The number of fused-ring (bicyclic) bond motifs is 1. The molecule has 2 atom stereocenters. The van der Waals surface area contributed by atoms with Crippen LogP contribution < -0.4 is 5.32 Å². The third kappa shape index (κ3) is 2.37. The summed E-state index contributed by atoms with van der Waals surface area (Å²) in [7, 11) is 0. The molecule has 1 aliphatic rings. The molecule has 0 saturated heterocycles. The van der Waals surface area contributed by atoms with E-state index >= 15 is 0 Å². The van der Waals surface area contributed by atoms with Gasteiger partial charge in [-0.15, -0.1) is 0 Å². The van der Waals surface area contributed by atoms with Crippen LogP contribution >= 0.6 is 0 Å². The zero-order valence-corrected chi connectivity index (χ0v) is 11.3. The number of hydrogen-bond acceptors (Lipinski definition) is 1. The number of hydrogen-bond donors (Lipinski definition) is 2. The van der Waals surface area contributed by atoms with Crippen LogP contribution in [0.3, 0.4) is 0 Å². The van der Waals surface area contributed by atoms with Gasteiger partial charge in [-0.2, -0.15) is 0 Å². The Labute approximate surface area is 113 Å². The Bertz CT molecular complexity index is 587. The lowest BCUT2D eigenvalue weighted by atomic mass is 9.98. The summed E-state index contributed by atoms with van der Waals surface area (Å²) < 4.78 is 0. The Hall–Kier alpha value is -1.77. The molecular weight excluding hydrogens is 236 g/mol. The van der Waals surface area contributed by atoms with E-state index in [4.69, 9.17) is 0 Å². The van der Waals surface area contributed by atoms with Crippen LogP contribution in [-0.2, 0) is 0 Å². The first-order chi connectivity index (χ1) is 9.25. The highest BCUT2D eigenvalue weighted by Crippen LogP contribution is 2.30. The number of carbonyl (C=O) groups is 1. The average Bonchev–Trinajstić information content (AvgIpc) is 3.04. The SMILES string of the molecule is CC1CCCC1CNC(=O)c1cccc2cc[nH]c12. The molecule has 1 aromatic heterocycles. The second kappa shape index (κ2) is 5.08. The Kier molecular flexibility index (Phi) is 3.28. The monoisotopic (exact) mass is 256 g/mol. The third-order valence-electron chi connectivity index (χ3n) is 4.40. The van der Waals surface area contributed by atoms with Crippen molar-refractivity contribution < 1.29 is 4.79 Å². The summed E-state index contributed by atoms with van der Waals surface area (Å²) in [5, 5.41) is 4.18. The van der Waals surface area contributed by atoms with Crippen molar-refractivity contribution in [2.24, 2.45) is 11.8 Å². The van der Waals surface area contributed by atoms with E-state index in [0.717, 1.165) is 28.9 Å². The molecule has 19 heavy (non-hydrogen) atoms. The number of aromatic amines is 1. The molecule has 1 amide bonds. The van der Waals surface area contributed by atoms with E-state index in [9.17, 15) is 4.79 Å². The van der Waals surface area contributed by atoms with Crippen molar-refractivity contribution in [1.82, 2.24) is 10.3 Å². The Morgan fingerprint density at radius 1 is 1.37 bits per heavy atom. The second-order valence-corrected chi connectivity index (χ2v) is 5.63. The number of H-pyrrole nitrogens is 1. The highest BCUT2D eigenvalue weighted by Gasteiger charge is 2.23. The maximum Gasteiger partial charge on any atom is 0.253 e. The van der Waals surface area contributed by atoms with E-state index in [1.54, 1.807) is 0 Å². The van der Waals surface area contributed by atoms with Gasteiger partial charge in [0, 0.05) is 18.1 Å². The smallest absolute Gasteiger partial charge is 0.253 e. The van der Waals surface area contributed by atoms with Gasteiger partial charge < -0.3 is 10.3 Å². The van der Waals surface area contributed by atoms with E-state index < -0.39 is 0 Å². The molecule has 0 aliphatic heterocycles. The largest absolute Gasteiger partial charge is 0.361 e. The van der Waals surface area contributed by atoms with Crippen molar-refractivity contribution in [1.29, 1.82) is 0 Å². The molecule has 3 nitrogen and oxygen atoms in total. The summed E-state index contributed by atoms with van der Waals surface area (Å²) in [6, 6.07) is 7.82. The molecule has 1 heterocycles. The molecule has 2 aromatic rings. The predicted octanol–water partition coefficient (Wildman–Crippen LogP) is 3.33. The number of carbonyl (C=O) groups excluding carboxylic acids is 1. The van der Waals surface area contributed by atoms with Gasteiger partial charge in [-0.1, -0.05) is 31.9 Å². The molecule has 1 aromatic carbocycles. The van der Waals surface area contributed by atoms with Crippen LogP contribution in [0.15, 0.2) is 30.5 Å². The van der Waals surface area contributed by atoms with E-state index in [2.05, 4.69) is 17.2 Å². The van der Waals surface area contributed by atoms with Gasteiger partial charge in [0.25, 0.3) is 5.91 Å². The summed E-state index contributed by atoms with van der Waals surface area (Å²) in [6.07, 6.45) is 5.72. The zero-order chi connectivity index (χ0) is 13.2. The maximum absolute atomic E-state index is 12.3. The van der Waals surface area contributed by atoms with E-state index in [1.165, 1.54) is 19.3 Å². The lowest BCUT2D eigenvalue weighted by Crippen LogP contribution is -2.30. The topological polar surface area (TPSA) is 44.9 Å². The molecule has 2 N–H and O–H groups in total. The first kappa shape index (κ1) is 12.3. The van der Waals surface area contributed by atoms with Gasteiger partial charge in [-0.05, 0) is 30.4 Å². The quantitative estimate of drug-likeness (QED) is 0.869. The van der Waals surface area contributed by atoms with Crippen molar-refractivity contribution in [3.05, 3.63) is 36.0 Å². The average molecular weight is 256 g/mol. The standard InChI is InChI=1S/C16H20N2O/c1-11-4-2-6-13(11)10-18-16(19)14-7-3-5-12-8-9-17-15(12)14/h3,5,7-9,11,13,17H,2,4,6,10H2,1H3,(H,18,19). The molecule has 1 fully saturated rings. The predicted molar refractivity (Wildman–Crippen MR) is 77.1 cm³/mol. The van der Waals surface area contributed by atoms with Crippen molar-refractivity contribution >= 4 is 16.8 Å². The number of benzene rings is 1. The number of aromatic nitrogens is 1. The fourth-order valence-corrected chi connectivity index (χ4v) is 3.12. The lowest BCUT2D eigenvalue weighted by Gasteiger charge is -2.16. The minimum Gasteiger partial charge on any atom is -0.361 e. The summed E-state index contributed by atoms with van der Waals surface area (Å²) in [4.78, 5) is 15.4. The first-order valence-electron chi connectivity index (χ1n) is 7.10. The molecule has 3 heteroatoms. The summed E-state index contributed by atoms with van der Waals surface area (Å²) in [5.41, 5.74) is 1.67. The fourth-order valence-electron chi connectivity index (χ4n) is 3.12. The highest BCUT2D eigenvalue weighted by atomic mass is 16.1. The van der Waals surface area contributed by atoms with E-state index in [0.29, 0.717) is 5.92 Å². The highest BCUT2D eigenvalue weighted by molar-refractivity contribution is 6.05. The molecule has 2 unspecified atom stereocenters. The van der Waals surface area contributed by atoms with Crippen molar-refractivity contribution in [3.8, 4) is 0 Å². The van der Waals surface area contributed by atoms with Gasteiger partial charge in [-0.25, -0.2) is 0 Å². The van der Waals surface area contributed by atoms with Crippen molar-refractivity contribution in [2.75, 3.05) is 6.54 Å². The lowest BCUT2D eigenvalue weighted by molar-refractivity contribution is 0.0946. The third-order valence-corrected chi connectivity index (χ3v) is 4.40. The van der Waals surface area contributed by atoms with E-state index in [1.807, 2.05) is 30.5 Å². The minimum absolute atomic E-state index is 0.0344. The maximum atomic E-state index is 12.3. The van der Waals surface area contributed by atoms with Crippen LogP contribution in [0.1, 0.15) is 36.5 Å². The van der Waals surface area contributed by atoms with Crippen LogP contribution in [0, 0.1) is 11.8 Å².